The number of hydrogen-bond donors (Lipinski definition) is 1. The highest BCUT2D eigenvalue weighted by Gasteiger charge is 2.19. The summed E-state index contributed by atoms with van der Waals surface area (Å²) < 4.78 is 25.6. The molecule has 0 aliphatic carbocycles. The molecule has 2 aromatic carbocycles. The maximum absolute atomic E-state index is 12.2. The van der Waals surface area contributed by atoms with Crippen LogP contribution in [0.3, 0.4) is 0 Å². The average Bonchev–Trinajstić information content (AvgIpc) is 2.55. The lowest BCUT2D eigenvalue weighted by molar-refractivity contribution is -0.116. The largest absolute Gasteiger partial charge is 0.326 e. The van der Waals surface area contributed by atoms with Gasteiger partial charge in [-0.15, -0.1) is 0 Å². The van der Waals surface area contributed by atoms with Gasteiger partial charge < -0.3 is 5.32 Å². The molecule has 26 heavy (non-hydrogen) atoms. The van der Waals surface area contributed by atoms with Crippen LogP contribution < -0.4 is 9.62 Å². The molecule has 0 saturated carbocycles. The summed E-state index contributed by atoms with van der Waals surface area (Å²) in [7, 11) is -3.49. The lowest BCUT2D eigenvalue weighted by Crippen LogP contribution is -2.32. The van der Waals surface area contributed by atoms with Gasteiger partial charge in [0.15, 0.2) is 0 Å². The molecule has 5 nitrogen and oxygen atoms in total. The molecule has 0 unspecified atom stereocenters. The molecule has 2 rings (SSSR count). The molecule has 140 valence electrons. The van der Waals surface area contributed by atoms with E-state index in [1.807, 2.05) is 6.92 Å². The van der Waals surface area contributed by atoms with E-state index in [2.05, 4.69) is 5.32 Å². The molecular formula is C18H20Cl2N2O3S. The fraction of sp³-hybridized carbons (Fsp3) is 0.278. The van der Waals surface area contributed by atoms with Gasteiger partial charge >= 0.3 is 0 Å². The van der Waals surface area contributed by atoms with Crippen LogP contribution in [0, 0.1) is 6.92 Å². The van der Waals surface area contributed by atoms with Crippen LogP contribution in [0.2, 0.25) is 10.0 Å². The Kier molecular flexibility index (Phi) is 6.92. The molecule has 0 fully saturated rings. The van der Waals surface area contributed by atoms with Gasteiger partial charge in [0.2, 0.25) is 15.9 Å². The van der Waals surface area contributed by atoms with E-state index in [4.69, 9.17) is 23.2 Å². The second-order valence-corrected chi connectivity index (χ2v) is 8.70. The van der Waals surface area contributed by atoms with Gasteiger partial charge in [-0.3, -0.25) is 9.10 Å². The summed E-state index contributed by atoms with van der Waals surface area (Å²) in [6, 6.07) is 11.9. The summed E-state index contributed by atoms with van der Waals surface area (Å²) in [5, 5.41) is 3.80. The SMILES string of the molecule is Cc1ccc(Cl)cc1N(CCCC(=O)Nc1ccc(Cl)cc1)S(C)(=O)=O. The second-order valence-electron chi connectivity index (χ2n) is 5.92. The zero-order valence-electron chi connectivity index (χ0n) is 14.5. The zero-order valence-corrected chi connectivity index (χ0v) is 16.8. The average molecular weight is 415 g/mol. The van der Waals surface area contributed by atoms with Crippen molar-refractivity contribution < 1.29 is 13.2 Å². The molecule has 0 radical (unpaired) electrons. The normalized spacial score (nSPS) is 11.2. The van der Waals surface area contributed by atoms with Crippen molar-refractivity contribution in [1.82, 2.24) is 0 Å². The number of sulfonamides is 1. The highest BCUT2D eigenvalue weighted by molar-refractivity contribution is 7.92. The number of anilines is 2. The Balaban J connectivity index is 2.01. The Morgan fingerprint density at radius 1 is 1.08 bits per heavy atom. The Morgan fingerprint density at radius 2 is 1.69 bits per heavy atom. The third kappa shape index (κ3) is 5.90. The smallest absolute Gasteiger partial charge is 0.232 e. The van der Waals surface area contributed by atoms with E-state index in [1.54, 1.807) is 42.5 Å². The lowest BCUT2D eigenvalue weighted by Gasteiger charge is -2.24. The first-order valence-electron chi connectivity index (χ1n) is 7.96. The van der Waals surface area contributed by atoms with Crippen molar-refractivity contribution in [2.75, 3.05) is 22.4 Å². The predicted octanol–water partition coefficient (Wildman–Crippen LogP) is 4.49. The van der Waals surface area contributed by atoms with Crippen LogP contribution in [0.15, 0.2) is 42.5 Å². The van der Waals surface area contributed by atoms with Crippen molar-refractivity contribution in [2.24, 2.45) is 0 Å². The van der Waals surface area contributed by atoms with E-state index >= 15 is 0 Å². The van der Waals surface area contributed by atoms with E-state index in [0.29, 0.717) is 27.8 Å². The Bertz CT molecular complexity index is 884. The number of carbonyl (C=O) groups is 1. The first-order chi connectivity index (χ1) is 12.2. The zero-order chi connectivity index (χ0) is 19.3. The Hall–Kier alpha value is -1.76. The molecule has 0 aromatic heterocycles. The van der Waals surface area contributed by atoms with Gasteiger partial charge in [-0.1, -0.05) is 29.3 Å². The number of benzene rings is 2. The third-order valence-electron chi connectivity index (χ3n) is 3.73. The molecule has 0 aliphatic rings. The van der Waals surface area contributed by atoms with Crippen LogP contribution in [0.5, 0.6) is 0 Å². The summed E-state index contributed by atoms with van der Waals surface area (Å²) in [6.45, 7) is 2.01. The summed E-state index contributed by atoms with van der Waals surface area (Å²) in [4.78, 5) is 12.1. The molecular weight excluding hydrogens is 395 g/mol. The molecule has 2 aromatic rings. The van der Waals surface area contributed by atoms with Gasteiger partial charge in [-0.2, -0.15) is 0 Å². The fourth-order valence-electron chi connectivity index (χ4n) is 2.46. The molecule has 0 heterocycles. The number of amides is 1. The van der Waals surface area contributed by atoms with Crippen molar-refractivity contribution in [1.29, 1.82) is 0 Å². The number of aryl methyl sites for hydroxylation is 1. The lowest BCUT2D eigenvalue weighted by atomic mass is 10.2. The van der Waals surface area contributed by atoms with E-state index < -0.39 is 10.0 Å². The minimum atomic E-state index is -3.49. The number of nitrogens with one attached hydrogen (secondary N) is 1. The third-order valence-corrected chi connectivity index (χ3v) is 5.40. The summed E-state index contributed by atoms with van der Waals surface area (Å²) >= 11 is 11.8. The number of halogens is 2. The molecule has 0 aliphatic heterocycles. The fourth-order valence-corrected chi connectivity index (χ4v) is 3.76. The van der Waals surface area contributed by atoms with Crippen LogP contribution in [0.1, 0.15) is 18.4 Å². The minimum Gasteiger partial charge on any atom is -0.326 e. The van der Waals surface area contributed by atoms with Crippen LogP contribution in [-0.4, -0.2) is 27.1 Å². The second kappa shape index (κ2) is 8.75. The summed E-state index contributed by atoms with van der Waals surface area (Å²) in [6.07, 6.45) is 1.70. The van der Waals surface area contributed by atoms with E-state index in [9.17, 15) is 13.2 Å². The van der Waals surface area contributed by atoms with E-state index in [-0.39, 0.29) is 18.9 Å². The molecule has 0 saturated heterocycles. The highest BCUT2D eigenvalue weighted by Crippen LogP contribution is 2.26. The van der Waals surface area contributed by atoms with Gasteiger partial charge in [0.25, 0.3) is 0 Å². The molecule has 8 heteroatoms. The maximum atomic E-state index is 12.2. The number of rotatable bonds is 7. The van der Waals surface area contributed by atoms with Crippen molar-refractivity contribution >= 4 is 50.5 Å². The number of nitrogens with zero attached hydrogens (tertiary/aromatic N) is 1. The quantitative estimate of drug-likeness (QED) is 0.725. The summed E-state index contributed by atoms with van der Waals surface area (Å²) in [5.41, 5.74) is 1.97. The van der Waals surface area contributed by atoms with Crippen molar-refractivity contribution in [3.8, 4) is 0 Å². The molecule has 0 bridgehead atoms. The monoisotopic (exact) mass is 414 g/mol. The Morgan fingerprint density at radius 3 is 2.31 bits per heavy atom. The van der Waals surface area contributed by atoms with Gasteiger partial charge in [0.05, 0.1) is 11.9 Å². The van der Waals surface area contributed by atoms with Crippen LogP contribution in [0.25, 0.3) is 0 Å². The predicted molar refractivity (Wildman–Crippen MR) is 108 cm³/mol. The standard InChI is InChI=1S/C18H20Cl2N2O3S/c1-13-5-6-15(20)12-17(13)22(26(2,24)25)11-3-4-18(23)21-16-9-7-14(19)8-10-16/h5-10,12H,3-4,11H2,1-2H3,(H,21,23). The first-order valence-corrected chi connectivity index (χ1v) is 10.6. The molecule has 0 atom stereocenters. The molecule has 1 N–H and O–H groups in total. The van der Waals surface area contributed by atoms with E-state index in [1.165, 1.54) is 4.31 Å². The number of hydrogen-bond acceptors (Lipinski definition) is 3. The van der Waals surface area contributed by atoms with Crippen molar-refractivity contribution in [2.45, 2.75) is 19.8 Å². The van der Waals surface area contributed by atoms with Crippen molar-refractivity contribution in [3.63, 3.8) is 0 Å². The van der Waals surface area contributed by atoms with Crippen molar-refractivity contribution in [3.05, 3.63) is 58.1 Å². The Labute approximate surface area is 164 Å². The topological polar surface area (TPSA) is 66.5 Å². The molecule has 0 spiro atoms. The minimum absolute atomic E-state index is 0.189. The van der Waals surface area contributed by atoms with Crippen LogP contribution in [0.4, 0.5) is 11.4 Å². The summed E-state index contributed by atoms with van der Waals surface area (Å²) in [5.74, 6) is -0.191. The molecule has 1 amide bonds. The van der Waals surface area contributed by atoms with E-state index in [0.717, 1.165) is 11.8 Å². The maximum Gasteiger partial charge on any atom is 0.232 e. The van der Waals surface area contributed by atoms with Gasteiger partial charge in [-0.05, 0) is 55.3 Å². The van der Waals surface area contributed by atoms with Crippen LogP contribution >= 0.6 is 23.2 Å². The van der Waals surface area contributed by atoms with Gasteiger partial charge in [-0.25, -0.2) is 8.42 Å². The van der Waals surface area contributed by atoms with Gasteiger partial charge in [0.1, 0.15) is 0 Å². The van der Waals surface area contributed by atoms with Crippen LogP contribution in [-0.2, 0) is 14.8 Å². The first kappa shape index (κ1) is 20.6. The van der Waals surface area contributed by atoms with Gasteiger partial charge in [0, 0.05) is 28.7 Å². The number of carbonyl (C=O) groups excluding carboxylic acids is 1. The highest BCUT2D eigenvalue weighted by atomic mass is 35.5.